The largest absolute Gasteiger partial charge is 0.462 e. The molecule has 0 fully saturated rings. The van der Waals surface area contributed by atoms with Crippen molar-refractivity contribution in [2.75, 3.05) is 6.61 Å². The minimum absolute atomic E-state index is 0.113. The third-order valence-electron chi connectivity index (χ3n) is 3.54. The summed E-state index contributed by atoms with van der Waals surface area (Å²) in [4.78, 5) is 26.8. The molecular weight excluding hydrogens is 314 g/mol. The molecule has 3 rings (SSSR count). The van der Waals surface area contributed by atoms with Crippen molar-refractivity contribution in [3.8, 4) is 11.1 Å². The Morgan fingerprint density at radius 1 is 1.13 bits per heavy atom. The van der Waals surface area contributed by atoms with Gasteiger partial charge in [0.15, 0.2) is 0 Å². The third kappa shape index (κ3) is 2.85. The summed E-state index contributed by atoms with van der Waals surface area (Å²) in [6.45, 7) is 1.85. The maximum Gasteiger partial charge on any atom is 0.345 e. The van der Waals surface area contributed by atoms with Gasteiger partial charge in [-0.2, -0.15) is 0 Å². The first-order valence-electron chi connectivity index (χ1n) is 7.20. The molecule has 0 unspecified atom stereocenters. The Labute approximate surface area is 137 Å². The molecule has 0 saturated heterocycles. The average Bonchev–Trinajstić information content (AvgIpc) is 2.55. The zero-order valence-corrected chi connectivity index (χ0v) is 13.2. The first-order valence-corrected chi connectivity index (χ1v) is 7.57. The topological polar surface area (TPSA) is 59.2 Å². The molecular formula is C18H14ClNO3. The summed E-state index contributed by atoms with van der Waals surface area (Å²) >= 11 is 6.25. The Morgan fingerprint density at radius 3 is 2.57 bits per heavy atom. The zero-order valence-electron chi connectivity index (χ0n) is 12.4. The van der Waals surface area contributed by atoms with E-state index >= 15 is 0 Å². The second-order valence-corrected chi connectivity index (χ2v) is 5.37. The quantitative estimate of drug-likeness (QED) is 0.739. The van der Waals surface area contributed by atoms with Crippen LogP contribution in [0.5, 0.6) is 0 Å². The molecule has 3 aromatic rings. The second kappa shape index (κ2) is 6.26. The van der Waals surface area contributed by atoms with E-state index in [1.165, 1.54) is 0 Å². The summed E-state index contributed by atoms with van der Waals surface area (Å²) in [6.07, 6.45) is 0. The minimum Gasteiger partial charge on any atom is -0.462 e. The van der Waals surface area contributed by atoms with Gasteiger partial charge in [0.25, 0.3) is 5.56 Å². The van der Waals surface area contributed by atoms with E-state index in [0.717, 1.165) is 11.1 Å². The summed E-state index contributed by atoms with van der Waals surface area (Å²) in [5.41, 5.74) is 1.85. The van der Waals surface area contributed by atoms with E-state index in [4.69, 9.17) is 16.3 Å². The predicted molar refractivity (Wildman–Crippen MR) is 91.0 cm³/mol. The van der Waals surface area contributed by atoms with Crippen molar-refractivity contribution in [2.45, 2.75) is 6.92 Å². The highest BCUT2D eigenvalue weighted by Gasteiger charge is 2.19. The molecule has 4 nitrogen and oxygen atoms in total. The summed E-state index contributed by atoms with van der Waals surface area (Å²) in [5, 5.41) is 0.718. The number of aromatic nitrogens is 1. The molecule has 0 atom stereocenters. The molecule has 1 heterocycles. The summed E-state index contributed by atoms with van der Waals surface area (Å²) in [6, 6.07) is 15.3. The molecule has 116 valence electrons. The monoisotopic (exact) mass is 327 g/mol. The van der Waals surface area contributed by atoms with Crippen LogP contribution in [0.15, 0.2) is 53.3 Å². The van der Waals surface area contributed by atoms with Gasteiger partial charge in [0.2, 0.25) is 0 Å². The van der Waals surface area contributed by atoms with Crippen LogP contribution in [0.1, 0.15) is 17.3 Å². The Kier molecular flexibility index (Phi) is 4.17. The smallest absolute Gasteiger partial charge is 0.345 e. The maximum atomic E-state index is 12.2. The van der Waals surface area contributed by atoms with Crippen LogP contribution >= 0.6 is 11.6 Å². The fourth-order valence-corrected chi connectivity index (χ4v) is 2.78. The van der Waals surface area contributed by atoms with Gasteiger partial charge in [-0.05, 0) is 24.1 Å². The van der Waals surface area contributed by atoms with Crippen molar-refractivity contribution in [3.63, 3.8) is 0 Å². The van der Waals surface area contributed by atoms with Crippen LogP contribution < -0.4 is 5.56 Å². The number of esters is 1. The number of benzene rings is 2. The van der Waals surface area contributed by atoms with Crippen LogP contribution in [-0.4, -0.2) is 17.6 Å². The number of fused-ring (bicyclic) bond motifs is 1. The number of carbonyl (C=O) groups excluding carboxylic acids is 1. The number of ether oxygens (including phenoxy) is 1. The number of hydrogen-bond donors (Lipinski definition) is 1. The van der Waals surface area contributed by atoms with Crippen molar-refractivity contribution in [1.82, 2.24) is 4.98 Å². The van der Waals surface area contributed by atoms with Crippen LogP contribution in [0.4, 0.5) is 0 Å². The van der Waals surface area contributed by atoms with Crippen LogP contribution in [0.3, 0.4) is 0 Å². The third-order valence-corrected chi connectivity index (χ3v) is 3.93. The Morgan fingerprint density at radius 2 is 1.87 bits per heavy atom. The summed E-state index contributed by atoms with van der Waals surface area (Å²) in [5.74, 6) is -0.715. The Hall–Kier alpha value is -2.59. The minimum atomic E-state index is -0.715. The highest BCUT2D eigenvalue weighted by molar-refractivity contribution is 6.38. The van der Waals surface area contributed by atoms with Gasteiger partial charge in [0, 0.05) is 5.39 Å². The number of aromatic amines is 1. The van der Waals surface area contributed by atoms with Crippen molar-refractivity contribution in [3.05, 3.63) is 69.5 Å². The van der Waals surface area contributed by atoms with Crippen LogP contribution in [0, 0.1) is 0 Å². The molecule has 23 heavy (non-hydrogen) atoms. The predicted octanol–water partition coefficient (Wildman–Crippen LogP) is 4.03. The van der Waals surface area contributed by atoms with E-state index < -0.39 is 11.5 Å². The molecule has 1 aromatic heterocycles. The normalized spacial score (nSPS) is 10.7. The molecule has 0 aliphatic carbocycles. The van der Waals surface area contributed by atoms with E-state index in [1.54, 1.807) is 13.0 Å². The van der Waals surface area contributed by atoms with Gasteiger partial charge in [-0.3, -0.25) is 4.79 Å². The van der Waals surface area contributed by atoms with Crippen molar-refractivity contribution in [1.29, 1.82) is 0 Å². The molecule has 2 aromatic carbocycles. The van der Waals surface area contributed by atoms with Gasteiger partial charge in [-0.25, -0.2) is 4.79 Å². The molecule has 0 aliphatic rings. The van der Waals surface area contributed by atoms with E-state index in [-0.39, 0.29) is 17.2 Å². The van der Waals surface area contributed by atoms with Crippen molar-refractivity contribution < 1.29 is 9.53 Å². The maximum absolute atomic E-state index is 12.2. The van der Waals surface area contributed by atoms with Gasteiger partial charge in [0.05, 0.1) is 17.1 Å². The molecule has 0 spiro atoms. The standard InChI is InChI=1S/C18H14ClNO3/c1-2-23-18(22)15-16(19)13-9-8-12(10-14(13)20-17(15)21)11-6-4-3-5-7-11/h3-10H,2H2,1H3,(H,20,21). The number of rotatable bonds is 3. The molecule has 5 heteroatoms. The average molecular weight is 328 g/mol. The van der Waals surface area contributed by atoms with E-state index in [2.05, 4.69) is 4.98 Å². The summed E-state index contributed by atoms with van der Waals surface area (Å²) in [7, 11) is 0. The fraction of sp³-hybridized carbons (Fsp3) is 0.111. The molecule has 0 amide bonds. The lowest BCUT2D eigenvalue weighted by atomic mass is 10.0. The van der Waals surface area contributed by atoms with E-state index in [9.17, 15) is 9.59 Å². The lowest BCUT2D eigenvalue weighted by Crippen LogP contribution is -2.20. The molecule has 0 bridgehead atoms. The SMILES string of the molecule is CCOC(=O)c1c(Cl)c2ccc(-c3ccccc3)cc2[nH]c1=O. The number of H-pyrrole nitrogens is 1. The van der Waals surface area contributed by atoms with Gasteiger partial charge < -0.3 is 9.72 Å². The lowest BCUT2D eigenvalue weighted by Gasteiger charge is -2.08. The highest BCUT2D eigenvalue weighted by atomic mass is 35.5. The Balaban J connectivity index is 2.18. The van der Waals surface area contributed by atoms with Gasteiger partial charge in [0.1, 0.15) is 5.56 Å². The van der Waals surface area contributed by atoms with Crippen molar-refractivity contribution in [2.24, 2.45) is 0 Å². The molecule has 0 radical (unpaired) electrons. The van der Waals surface area contributed by atoms with Gasteiger partial charge in [-0.1, -0.05) is 54.1 Å². The van der Waals surface area contributed by atoms with Gasteiger partial charge >= 0.3 is 5.97 Å². The molecule has 0 saturated carbocycles. The zero-order chi connectivity index (χ0) is 16.4. The molecule has 0 aliphatic heterocycles. The second-order valence-electron chi connectivity index (χ2n) is 4.99. The van der Waals surface area contributed by atoms with E-state index in [1.807, 2.05) is 42.5 Å². The van der Waals surface area contributed by atoms with Gasteiger partial charge in [-0.15, -0.1) is 0 Å². The highest BCUT2D eigenvalue weighted by Crippen LogP contribution is 2.28. The lowest BCUT2D eigenvalue weighted by molar-refractivity contribution is 0.0524. The fourth-order valence-electron chi connectivity index (χ4n) is 2.45. The van der Waals surface area contributed by atoms with Crippen LogP contribution in [0.2, 0.25) is 5.02 Å². The van der Waals surface area contributed by atoms with Crippen LogP contribution in [0.25, 0.3) is 22.0 Å². The number of carbonyl (C=O) groups is 1. The van der Waals surface area contributed by atoms with E-state index in [0.29, 0.717) is 10.9 Å². The molecule has 1 N–H and O–H groups in total. The number of nitrogens with one attached hydrogen (secondary N) is 1. The Bertz CT molecular complexity index is 932. The first kappa shape index (κ1) is 15.3. The number of halogens is 1. The number of pyridine rings is 1. The van der Waals surface area contributed by atoms with Crippen molar-refractivity contribution >= 4 is 28.5 Å². The van der Waals surface area contributed by atoms with Crippen LogP contribution in [-0.2, 0) is 4.74 Å². The first-order chi connectivity index (χ1) is 11.1. The summed E-state index contributed by atoms with van der Waals surface area (Å²) < 4.78 is 4.89. The number of hydrogen-bond acceptors (Lipinski definition) is 3.